The van der Waals surface area contributed by atoms with Gasteiger partial charge in [0, 0.05) is 24.4 Å². The number of hydrogen-bond donors (Lipinski definition) is 1. The second-order valence-electron chi connectivity index (χ2n) is 4.55. The van der Waals surface area contributed by atoms with Crippen molar-refractivity contribution in [2.24, 2.45) is 5.41 Å². The molecular weight excluding hydrogens is 186 g/mol. The standard InChI is InChI=1S/C12H15N3/c1-2-12(3-4-14-9-12)7-10(1)11-8-13-5-6-15-11/h5-8,14H,1-4,9H2. The topological polar surface area (TPSA) is 37.8 Å². The van der Waals surface area contributed by atoms with Crippen LogP contribution in [-0.2, 0) is 0 Å². The van der Waals surface area contributed by atoms with Gasteiger partial charge in [-0.3, -0.25) is 9.97 Å². The Kier molecular flexibility index (Phi) is 2.06. The number of allylic oxidation sites excluding steroid dienone is 1. The molecule has 1 N–H and O–H groups in total. The molecule has 1 aromatic heterocycles. The van der Waals surface area contributed by atoms with Gasteiger partial charge in [-0.05, 0) is 31.4 Å². The van der Waals surface area contributed by atoms with Gasteiger partial charge in [-0.25, -0.2) is 0 Å². The summed E-state index contributed by atoms with van der Waals surface area (Å²) < 4.78 is 0. The van der Waals surface area contributed by atoms with Crippen molar-refractivity contribution in [2.75, 3.05) is 13.1 Å². The molecule has 0 aromatic carbocycles. The zero-order valence-corrected chi connectivity index (χ0v) is 8.74. The minimum Gasteiger partial charge on any atom is -0.316 e. The molecule has 3 heteroatoms. The molecular formula is C12H15N3. The zero-order valence-electron chi connectivity index (χ0n) is 8.74. The highest BCUT2D eigenvalue weighted by molar-refractivity contribution is 5.65. The van der Waals surface area contributed by atoms with Gasteiger partial charge >= 0.3 is 0 Å². The first kappa shape index (κ1) is 9.04. The minimum atomic E-state index is 0.423. The molecule has 0 radical (unpaired) electrons. The normalized spacial score (nSPS) is 29.7. The summed E-state index contributed by atoms with van der Waals surface area (Å²) in [5.74, 6) is 0. The maximum Gasteiger partial charge on any atom is 0.0841 e. The van der Waals surface area contributed by atoms with Crippen LogP contribution in [-0.4, -0.2) is 23.1 Å². The van der Waals surface area contributed by atoms with E-state index in [-0.39, 0.29) is 0 Å². The van der Waals surface area contributed by atoms with E-state index >= 15 is 0 Å². The van der Waals surface area contributed by atoms with Gasteiger partial charge in [0.15, 0.2) is 0 Å². The lowest BCUT2D eigenvalue weighted by molar-refractivity contribution is 0.419. The Morgan fingerprint density at radius 2 is 2.27 bits per heavy atom. The van der Waals surface area contributed by atoms with E-state index < -0.39 is 0 Å². The molecule has 0 amide bonds. The molecule has 0 bridgehead atoms. The van der Waals surface area contributed by atoms with Crippen molar-refractivity contribution < 1.29 is 0 Å². The Morgan fingerprint density at radius 3 is 3.00 bits per heavy atom. The summed E-state index contributed by atoms with van der Waals surface area (Å²) in [6.07, 6.45) is 11.5. The summed E-state index contributed by atoms with van der Waals surface area (Å²) in [5.41, 5.74) is 2.86. The third-order valence-electron chi connectivity index (χ3n) is 3.54. The van der Waals surface area contributed by atoms with Crippen LogP contribution in [0.1, 0.15) is 25.0 Å². The lowest BCUT2D eigenvalue weighted by atomic mass is 9.87. The first-order valence-electron chi connectivity index (χ1n) is 5.57. The van der Waals surface area contributed by atoms with Crippen LogP contribution in [0.3, 0.4) is 0 Å². The van der Waals surface area contributed by atoms with Crippen LogP contribution in [0.2, 0.25) is 0 Å². The molecule has 1 atom stereocenters. The molecule has 1 aliphatic carbocycles. The summed E-state index contributed by atoms with van der Waals surface area (Å²) in [5, 5.41) is 3.45. The molecule has 1 saturated heterocycles. The summed E-state index contributed by atoms with van der Waals surface area (Å²) >= 11 is 0. The Balaban J connectivity index is 1.90. The lowest BCUT2D eigenvalue weighted by Crippen LogP contribution is -2.18. The average Bonchev–Trinajstić information content (AvgIpc) is 2.91. The van der Waals surface area contributed by atoms with Gasteiger partial charge in [0.2, 0.25) is 0 Å². The zero-order chi connectivity index (χ0) is 10.1. The highest BCUT2D eigenvalue weighted by Gasteiger charge is 2.36. The first-order valence-corrected chi connectivity index (χ1v) is 5.57. The molecule has 15 heavy (non-hydrogen) atoms. The van der Waals surface area contributed by atoms with Crippen LogP contribution in [0.15, 0.2) is 24.7 Å². The van der Waals surface area contributed by atoms with Gasteiger partial charge in [-0.2, -0.15) is 0 Å². The molecule has 3 rings (SSSR count). The van der Waals surface area contributed by atoms with Crippen LogP contribution in [0.25, 0.3) is 5.57 Å². The Morgan fingerprint density at radius 1 is 1.27 bits per heavy atom. The monoisotopic (exact) mass is 201 g/mol. The molecule has 1 fully saturated rings. The average molecular weight is 201 g/mol. The summed E-state index contributed by atoms with van der Waals surface area (Å²) in [7, 11) is 0. The molecule has 2 heterocycles. The van der Waals surface area contributed by atoms with Gasteiger partial charge < -0.3 is 5.32 Å². The molecule has 2 aliphatic rings. The molecule has 1 aromatic rings. The predicted octanol–water partition coefficient (Wildman–Crippen LogP) is 1.63. The van der Waals surface area contributed by atoms with E-state index in [4.69, 9.17) is 0 Å². The van der Waals surface area contributed by atoms with E-state index in [1.54, 1.807) is 12.4 Å². The highest BCUT2D eigenvalue weighted by atomic mass is 14.9. The molecule has 78 valence electrons. The van der Waals surface area contributed by atoms with Crippen molar-refractivity contribution in [3.05, 3.63) is 30.4 Å². The lowest BCUT2D eigenvalue weighted by Gasteiger charge is -2.17. The maximum atomic E-state index is 4.36. The number of rotatable bonds is 1. The fourth-order valence-electron chi connectivity index (χ4n) is 2.66. The maximum absolute atomic E-state index is 4.36. The Labute approximate surface area is 89.6 Å². The van der Waals surface area contributed by atoms with Crippen molar-refractivity contribution >= 4 is 5.57 Å². The largest absolute Gasteiger partial charge is 0.316 e. The smallest absolute Gasteiger partial charge is 0.0841 e. The van der Waals surface area contributed by atoms with Crippen molar-refractivity contribution in [3.8, 4) is 0 Å². The van der Waals surface area contributed by atoms with E-state index in [0.29, 0.717) is 5.41 Å². The number of aromatic nitrogens is 2. The van der Waals surface area contributed by atoms with E-state index in [9.17, 15) is 0 Å². The van der Waals surface area contributed by atoms with Crippen LogP contribution >= 0.6 is 0 Å². The van der Waals surface area contributed by atoms with Crippen LogP contribution < -0.4 is 5.32 Å². The van der Waals surface area contributed by atoms with E-state index in [0.717, 1.165) is 25.2 Å². The minimum absolute atomic E-state index is 0.423. The van der Waals surface area contributed by atoms with Crippen LogP contribution in [0.4, 0.5) is 0 Å². The molecule has 1 aliphatic heterocycles. The Bertz CT molecular complexity index is 377. The third-order valence-corrected chi connectivity index (χ3v) is 3.54. The van der Waals surface area contributed by atoms with Gasteiger partial charge in [0.25, 0.3) is 0 Å². The van der Waals surface area contributed by atoms with E-state index in [1.807, 2.05) is 6.20 Å². The molecule has 1 spiro atoms. The summed E-state index contributed by atoms with van der Waals surface area (Å²) in [6, 6.07) is 0. The van der Waals surface area contributed by atoms with Crippen LogP contribution in [0, 0.1) is 5.41 Å². The number of nitrogens with one attached hydrogen (secondary N) is 1. The van der Waals surface area contributed by atoms with Crippen molar-refractivity contribution in [1.29, 1.82) is 0 Å². The predicted molar refractivity (Wildman–Crippen MR) is 59.2 cm³/mol. The first-order chi connectivity index (χ1) is 7.38. The fourth-order valence-corrected chi connectivity index (χ4v) is 2.66. The second-order valence-corrected chi connectivity index (χ2v) is 4.55. The van der Waals surface area contributed by atoms with Gasteiger partial charge in [-0.1, -0.05) is 6.08 Å². The summed E-state index contributed by atoms with van der Waals surface area (Å²) in [4.78, 5) is 8.49. The van der Waals surface area contributed by atoms with Gasteiger partial charge in [0.1, 0.15) is 0 Å². The number of nitrogens with zero attached hydrogens (tertiary/aromatic N) is 2. The van der Waals surface area contributed by atoms with Crippen molar-refractivity contribution in [1.82, 2.24) is 15.3 Å². The number of hydrogen-bond acceptors (Lipinski definition) is 3. The molecule has 3 nitrogen and oxygen atoms in total. The SMILES string of the molecule is C1=C(c2cnccn2)CCC12CCNC2. The summed E-state index contributed by atoms with van der Waals surface area (Å²) in [6.45, 7) is 2.29. The molecule has 0 saturated carbocycles. The van der Waals surface area contributed by atoms with E-state index in [1.165, 1.54) is 18.4 Å². The quantitative estimate of drug-likeness (QED) is 0.750. The second kappa shape index (κ2) is 3.42. The van der Waals surface area contributed by atoms with Crippen molar-refractivity contribution in [2.45, 2.75) is 19.3 Å². The van der Waals surface area contributed by atoms with Gasteiger partial charge in [-0.15, -0.1) is 0 Å². The van der Waals surface area contributed by atoms with Gasteiger partial charge in [0.05, 0.1) is 11.9 Å². The highest BCUT2D eigenvalue weighted by Crippen LogP contribution is 2.43. The Hall–Kier alpha value is -1.22. The van der Waals surface area contributed by atoms with Crippen molar-refractivity contribution in [3.63, 3.8) is 0 Å². The molecule has 1 unspecified atom stereocenters. The van der Waals surface area contributed by atoms with Crippen LogP contribution in [0.5, 0.6) is 0 Å². The third kappa shape index (κ3) is 1.57. The van der Waals surface area contributed by atoms with E-state index in [2.05, 4.69) is 21.4 Å². The fraction of sp³-hybridized carbons (Fsp3) is 0.500.